The lowest BCUT2D eigenvalue weighted by atomic mass is 9.97. The van der Waals surface area contributed by atoms with Gasteiger partial charge in [0.15, 0.2) is 5.78 Å². The van der Waals surface area contributed by atoms with Crippen LogP contribution in [0.3, 0.4) is 0 Å². The molecule has 1 N–H and O–H groups in total. The van der Waals surface area contributed by atoms with E-state index < -0.39 is 11.6 Å². The maximum Gasteiger partial charge on any atom is 0.308 e. The van der Waals surface area contributed by atoms with Gasteiger partial charge >= 0.3 is 5.97 Å². The van der Waals surface area contributed by atoms with E-state index in [0.29, 0.717) is 0 Å². The van der Waals surface area contributed by atoms with Crippen LogP contribution in [0.25, 0.3) is 0 Å². The number of rotatable bonds is 9. The van der Waals surface area contributed by atoms with Crippen LogP contribution in [0.1, 0.15) is 67.7 Å². The standard InChI is InChI=1S/C16H31NO3/c1-8-16(7,9-2)20-14(18)10-13(17-12(5)6)15(19)11(3)4/h11-13,17H,8-10H2,1-7H3/t13-/m0/s1. The van der Waals surface area contributed by atoms with Gasteiger partial charge in [-0.05, 0) is 19.8 Å². The van der Waals surface area contributed by atoms with Crippen molar-refractivity contribution in [2.75, 3.05) is 0 Å². The third-order valence-electron chi connectivity index (χ3n) is 3.67. The Hall–Kier alpha value is -0.900. The molecule has 0 saturated heterocycles. The summed E-state index contributed by atoms with van der Waals surface area (Å²) < 4.78 is 5.55. The van der Waals surface area contributed by atoms with Crippen molar-refractivity contribution in [1.29, 1.82) is 0 Å². The molecule has 0 aliphatic heterocycles. The Bertz CT molecular complexity index is 320. The first-order chi connectivity index (χ1) is 9.15. The molecule has 1 atom stereocenters. The van der Waals surface area contributed by atoms with Gasteiger partial charge in [-0.2, -0.15) is 0 Å². The van der Waals surface area contributed by atoms with Crippen molar-refractivity contribution in [2.24, 2.45) is 5.92 Å². The van der Waals surface area contributed by atoms with Crippen LogP contribution in [0.4, 0.5) is 0 Å². The van der Waals surface area contributed by atoms with Gasteiger partial charge in [-0.3, -0.25) is 9.59 Å². The van der Waals surface area contributed by atoms with Crippen LogP contribution in [-0.2, 0) is 14.3 Å². The van der Waals surface area contributed by atoms with Crippen LogP contribution < -0.4 is 5.32 Å². The van der Waals surface area contributed by atoms with Crippen molar-refractivity contribution in [3.8, 4) is 0 Å². The fourth-order valence-electron chi connectivity index (χ4n) is 1.92. The van der Waals surface area contributed by atoms with E-state index >= 15 is 0 Å². The zero-order valence-corrected chi connectivity index (χ0v) is 14.1. The largest absolute Gasteiger partial charge is 0.459 e. The minimum atomic E-state index is -0.458. The first-order valence-electron chi connectivity index (χ1n) is 7.66. The van der Waals surface area contributed by atoms with Gasteiger partial charge in [0.05, 0.1) is 12.5 Å². The Balaban J connectivity index is 4.73. The molecule has 118 valence electrons. The molecule has 0 bridgehead atoms. The van der Waals surface area contributed by atoms with Crippen LogP contribution in [0.2, 0.25) is 0 Å². The van der Waals surface area contributed by atoms with E-state index in [1.807, 2.05) is 48.5 Å². The maximum atomic E-state index is 12.1. The molecule has 20 heavy (non-hydrogen) atoms. The number of Topliss-reactive ketones (excluding diaryl/α,β-unsaturated/α-hetero) is 1. The highest BCUT2D eigenvalue weighted by molar-refractivity contribution is 5.89. The van der Waals surface area contributed by atoms with E-state index in [-0.39, 0.29) is 30.1 Å². The van der Waals surface area contributed by atoms with Gasteiger partial charge in [-0.15, -0.1) is 0 Å². The normalized spacial score (nSPS) is 13.7. The number of hydrogen-bond donors (Lipinski definition) is 1. The zero-order valence-electron chi connectivity index (χ0n) is 14.1. The molecule has 0 saturated carbocycles. The summed E-state index contributed by atoms with van der Waals surface area (Å²) in [5, 5.41) is 3.16. The van der Waals surface area contributed by atoms with Gasteiger partial charge in [0, 0.05) is 12.0 Å². The summed E-state index contributed by atoms with van der Waals surface area (Å²) in [4.78, 5) is 24.2. The number of carbonyl (C=O) groups excluding carboxylic acids is 2. The molecule has 0 amide bonds. The number of hydrogen-bond acceptors (Lipinski definition) is 4. The van der Waals surface area contributed by atoms with Gasteiger partial charge in [0.1, 0.15) is 5.60 Å². The molecule has 0 aromatic carbocycles. The molecule has 0 aliphatic rings. The Morgan fingerprint density at radius 3 is 1.95 bits per heavy atom. The molecule has 0 unspecified atom stereocenters. The molecule has 0 aromatic rings. The number of ketones is 1. The summed E-state index contributed by atoms with van der Waals surface area (Å²) in [7, 11) is 0. The highest BCUT2D eigenvalue weighted by Crippen LogP contribution is 2.20. The Morgan fingerprint density at radius 1 is 1.10 bits per heavy atom. The molecule has 0 spiro atoms. The molecular formula is C16H31NO3. The first kappa shape index (κ1) is 19.1. The second-order valence-electron chi connectivity index (χ2n) is 6.27. The van der Waals surface area contributed by atoms with E-state index in [4.69, 9.17) is 4.74 Å². The molecule has 0 fully saturated rings. The smallest absolute Gasteiger partial charge is 0.308 e. The average molecular weight is 285 g/mol. The van der Waals surface area contributed by atoms with Crippen LogP contribution in [-0.4, -0.2) is 29.4 Å². The van der Waals surface area contributed by atoms with Crippen molar-refractivity contribution >= 4 is 11.8 Å². The van der Waals surface area contributed by atoms with Crippen molar-refractivity contribution in [3.05, 3.63) is 0 Å². The fourth-order valence-corrected chi connectivity index (χ4v) is 1.92. The molecule has 0 aromatic heterocycles. The third-order valence-corrected chi connectivity index (χ3v) is 3.67. The van der Waals surface area contributed by atoms with E-state index in [9.17, 15) is 9.59 Å². The Labute approximate surface area is 123 Å². The summed E-state index contributed by atoms with van der Waals surface area (Å²) in [6.07, 6.45) is 1.65. The summed E-state index contributed by atoms with van der Waals surface area (Å²) in [5.74, 6) is -0.337. The van der Waals surface area contributed by atoms with Crippen LogP contribution in [0.5, 0.6) is 0 Å². The SMILES string of the molecule is CCC(C)(CC)OC(=O)C[C@H](NC(C)C)C(=O)C(C)C. The Morgan fingerprint density at radius 2 is 1.60 bits per heavy atom. The van der Waals surface area contributed by atoms with Crippen molar-refractivity contribution in [3.63, 3.8) is 0 Å². The van der Waals surface area contributed by atoms with Gasteiger partial charge in [-0.1, -0.05) is 41.5 Å². The lowest BCUT2D eigenvalue weighted by Gasteiger charge is -2.28. The van der Waals surface area contributed by atoms with Gasteiger partial charge < -0.3 is 10.1 Å². The topological polar surface area (TPSA) is 55.4 Å². The second-order valence-corrected chi connectivity index (χ2v) is 6.27. The number of nitrogens with one attached hydrogen (secondary N) is 1. The average Bonchev–Trinajstić information content (AvgIpc) is 2.36. The van der Waals surface area contributed by atoms with Gasteiger partial charge in [0.25, 0.3) is 0 Å². The highest BCUT2D eigenvalue weighted by Gasteiger charge is 2.29. The third kappa shape index (κ3) is 6.51. The molecule has 0 heterocycles. The Kier molecular flexibility index (Phi) is 8.02. The summed E-state index contributed by atoms with van der Waals surface area (Å²) >= 11 is 0. The quantitative estimate of drug-likeness (QED) is 0.661. The molecule has 4 heteroatoms. The van der Waals surface area contributed by atoms with E-state index in [0.717, 1.165) is 12.8 Å². The first-order valence-corrected chi connectivity index (χ1v) is 7.66. The molecule has 0 aliphatic carbocycles. The maximum absolute atomic E-state index is 12.1. The monoisotopic (exact) mass is 285 g/mol. The minimum absolute atomic E-state index is 0.0605. The van der Waals surface area contributed by atoms with Crippen LogP contribution >= 0.6 is 0 Å². The van der Waals surface area contributed by atoms with Crippen LogP contribution in [0.15, 0.2) is 0 Å². The molecule has 4 nitrogen and oxygen atoms in total. The summed E-state index contributed by atoms with van der Waals surface area (Å²) in [5.41, 5.74) is -0.430. The lowest BCUT2D eigenvalue weighted by molar-refractivity contribution is -0.160. The van der Waals surface area contributed by atoms with E-state index in [1.165, 1.54) is 0 Å². The molecular weight excluding hydrogens is 254 g/mol. The van der Waals surface area contributed by atoms with E-state index in [1.54, 1.807) is 0 Å². The lowest BCUT2D eigenvalue weighted by Crippen LogP contribution is -2.45. The molecule has 0 rings (SSSR count). The van der Waals surface area contributed by atoms with E-state index in [2.05, 4.69) is 5.32 Å². The summed E-state index contributed by atoms with van der Waals surface area (Å²) in [6.45, 7) is 13.6. The van der Waals surface area contributed by atoms with Gasteiger partial charge in [-0.25, -0.2) is 0 Å². The predicted octanol–water partition coefficient (Wildman–Crippen LogP) is 3.09. The van der Waals surface area contributed by atoms with Crippen LogP contribution in [0, 0.1) is 5.92 Å². The highest BCUT2D eigenvalue weighted by atomic mass is 16.6. The van der Waals surface area contributed by atoms with Gasteiger partial charge in [0.2, 0.25) is 0 Å². The van der Waals surface area contributed by atoms with Crippen molar-refractivity contribution in [2.45, 2.75) is 85.4 Å². The van der Waals surface area contributed by atoms with Crippen molar-refractivity contribution < 1.29 is 14.3 Å². The predicted molar refractivity (Wildman–Crippen MR) is 81.6 cm³/mol. The second kappa shape index (κ2) is 8.40. The summed E-state index contributed by atoms with van der Waals surface area (Å²) in [6, 6.07) is -0.306. The number of carbonyl (C=O) groups is 2. The fraction of sp³-hybridized carbons (Fsp3) is 0.875. The molecule has 0 radical (unpaired) electrons. The zero-order chi connectivity index (χ0) is 15.9. The minimum Gasteiger partial charge on any atom is -0.459 e. The number of ether oxygens (including phenoxy) is 1. The number of esters is 1. The van der Waals surface area contributed by atoms with Crippen molar-refractivity contribution in [1.82, 2.24) is 5.32 Å².